The second-order valence-corrected chi connectivity index (χ2v) is 8.91. The van der Waals surface area contributed by atoms with Crippen LogP contribution in [0.3, 0.4) is 0 Å². The molecule has 0 saturated carbocycles. The first-order chi connectivity index (χ1) is 5.67. The molecule has 0 N–H and O–H groups in total. The van der Waals surface area contributed by atoms with Crippen LogP contribution in [0.1, 0.15) is 0 Å². The maximum Gasteiger partial charge on any atom is 0.0817 e. The van der Waals surface area contributed by atoms with Gasteiger partial charge in [-0.15, -0.1) is 11.6 Å². The summed E-state index contributed by atoms with van der Waals surface area (Å²) in [7, 11) is -1.21. The lowest BCUT2D eigenvalue weighted by molar-refractivity contribution is 1.38. The molecule has 0 radical (unpaired) electrons. The molecule has 0 bridgehead atoms. The molecule has 0 aliphatic carbocycles. The highest BCUT2D eigenvalue weighted by atomic mass is 35.5. The van der Waals surface area contributed by atoms with Gasteiger partial charge in [0.05, 0.1) is 8.07 Å². The predicted molar refractivity (Wildman–Crippen MR) is 59.1 cm³/mol. The van der Waals surface area contributed by atoms with E-state index in [4.69, 9.17) is 11.6 Å². The highest BCUT2D eigenvalue weighted by Crippen LogP contribution is 2.10. The molecule has 1 aromatic carbocycles. The standard InChI is InChI=1S/C10H15ClSi/c1-12(2,9-8-11)10-6-4-3-5-7-10/h3-7H,8-9H2,1-2H3. The van der Waals surface area contributed by atoms with Crippen LogP contribution in [0.5, 0.6) is 0 Å². The Hall–Kier alpha value is -0.273. The quantitative estimate of drug-likeness (QED) is 0.518. The van der Waals surface area contributed by atoms with Gasteiger partial charge in [-0.2, -0.15) is 0 Å². The molecule has 0 fully saturated rings. The van der Waals surface area contributed by atoms with Gasteiger partial charge in [0.2, 0.25) is 0 Å². The lowest BCUT2D eigenvalue weighted by Crippen LogP contribution is -2.41. The Kier molecular flexibility index (Phi) is 3.36. The van der Waals surface area contributed by atoms with Gasteiger partial charge in [0.15, 0.2) is 0 Å². The van der Waals surface area contributed by atoms with Crippen molar-refractivity contribution in [2.45, 2.75) is 19.1 Å². The van der Waals surface area contributed by atoms with Gasteiger partial charge in [-0.05, 0) is 6.04 Å². The van der Waals surface area contributed by atoms with Crippen LogP contribution in [-0.2, 0) is 0 Å². The second kappa shape index (κ2) is 4.10. The molecule has 0 aromatic heterocycles. The maximum absolute atomic E-state index is 5.77. The van der Waals surface area contributed by atoms with Gasteiger partial charge < -0.3 is 0 Å². The molecule has 12 heavy (non-hydrogen) atoms. The third kappa shape index (κ3) is 2.36. The fourth-order valence-corrected chi connectivity index (χ4v) is 4.54. The summed E-state index contributed by atoms with van der Waals surface area (Å²) in [5.74, 6) is 0.786. The van der Waals surface area contributed by atoms with Gasteiger partial charge in [-0.3, -0.25) is 0 Å². The van der Waals surface area contributed by atoms with Gasteiger partial charge in [0, 0.05) is 5.88 Å². The monoisotopic (exact) mass is 198 g/mol. The number of alkyl halides is 1. The SMILES string of the molecule is C[Si](C)(CCCl)c1ccccc1. The van der Waals surface area contributed by atoms with E-state index in [1.807, 2.05) is 0 Å². The van der Waals surface area contributed by atoms with Gasteiger partial charge >= 0.3 is 0 Å². The smallest absolute Gasteiger partial charge is 0.0817 e. The largest absolute Gasteiger partial charge is 0.127 e. The first kappa shape index (κ1) is 9.81. The Balaban J connectivity index is 2.82. The topological polar surface area (TPSA) is 0 Å². The molecule has 66 valence electrons. The van der Waals surface area contributed by atoms with Crippen molar-refractivity contribution in [3.05, 3.63) is 30.3 Å². The average molecular weight is 199 g/mol. The summed E-state index contributed by atoms with van der Waals surface area (Å²) in [5, 5.41) is 1.51. The minimum Gasteiger partial charge on any atom is -0.127 e. The number of halogens is 1. The van der Waals surface area contributed by atoms with E-state index in [0.717, 1.165) is 5.88 Å². The van der Waals surface area contributed by atoms with Gasteiger partial charge in [0.1, 0.15) is 0 Å². The van der Waals surface area contributed by atoms with Crippen molar-refractivity contribution in [1.29, 1.82) is 0 Å². The summed E-state index contributed by atoms with van der Waals surface area (Å²) in [4.78, 5) is 0. The Morgan fingerprint density at radius 1 is 1.17 bits per heavy atom. The summed E-state index contributed by atoms with van der Waals surface area (Å²) in [6.07, 6.45) is 0. The summed E-state index contributed by atoms with van der Waals surface area (Å²) in [5.41, 5.74) is 0. The van der Waals surface area contributed by atoms with Crippen molar-refractivity contribution < 1.29 is 0 Å². The summed E-state index contributed by atoms with van der Waals surface area (Å²) >= 11 is 5.77. The molecule has 0 amide bonds. The zero-order valence-electron chi connectivity index (χ0n) is 7.68. The van der Waals surface area contributed by atoms with Gasteiger partial charge in [-0.1, -0.05) is 48.6 Å². The lowest BCUT2D eigenvalue weighted by atomic mass is 10.4. The zero-order chi connectivity index (χ0) is 9.03. The molecular weight excluding hydrogens is 184 g/mol. The van der Waals surface area contributed by atoms with Crippen molar-refractivity contribution in [1.82, 2.24) is 0 Å². The molecule has 0 nitrogen and oxygen atoms in total. The molecular formula is C10H15ClSi. The molecule has 2 heteroatoms. The zero-order valence-corrected chi connectivity index (χ0v) is 9.43. The average Bonchev–Trinajstić information content (AvgIpc) is 2.06. The fraction of sp³-hybridized carbons (Fsp3) is 0.400. The summed E-state index contributed by atoms with van der Waals surface area (Å²) < 4.78 is 0. The van der Waals surface area contributed by atoms with E-state index >= 15 is 0 Å². The van der Waals surface area contributed by atoms with Gasteiger partial charge in [0.25, 0.3) is 0 Å². The van der Waals surface area contributed by atoms with Crippen molar-refractivity contribution in [3.8, 4) is 0 Å². The van der Waals surface area contributed by atoms with E-state index in [1.165, 1.54) is 11.2 Å². The molecule has 0 atom stereocenters. The van der Waals surface area contributed by atoms with Crippen molar-refractivity contribution in [2.75, 3.05) is 5.88 Å². The van der Waals surface area contributed by atoms with Crippen LogP contribution in [0.25, 0.3) is 0 Å². The van der Waals surface area contributed by atoms with Crippen LogP contribution >= 0.6 is 11.6 Å². The molecule has 0 unspecified atom stereocenters. The van der Waals surface area contributed by atoms with E-state index in [2.05, 4.69) is 43.4 Å². The van der Waals surface area contributed by atoms with E-state index in [1.54, 1.807) is 0 Å². The van der Waals surface area contributed by atoms with Crippen LogP contribution in [0.2, 0.25) is 19.1 Å². The number of hydrogen-bond donors (Lipinski definition) is 0. The molecule has 0 spiro atoms. The summed E-state index contributed by atoms with van der Waals surface area (Å²) in [6, 6.07) is 11.9. The van der Waals surface area contributed by atoms with Crippen LogP contribution in [0, 0.1) is 0 Å². The first-order valence-corrected chi connectivity index (χ1v) is 8.02. The van der Waals surface area contributed by atoms with Crippen molar-refractivity contribution in [2.24, 2.45) is 0 Å². The third-order valence-electron chi connectivity index (χ3n) is 2.27. The molecule has 0 aliphatic rings. The fourth-order valence-electron chi connectivity index (χ4n) is 1.27. The number of rotatable bonds is 3. The lowest BCUT2D eigenvalue weighted by Gasteiger charge is -2.21. The Morgan fingerprint density at radius 2 is 1.75 bits per heavy atom. The Bertz CT molecular complexity index is 231. The van der Waals surface area contributed by atoms with Crippen LogP contribution in [0.15, 0.2) is 30.3 Å². The summed E-state index contributed by atoms with van der Waals surface area (Å²) in [6.45, 7) is 4.73. The molecule has 0 heterocycles. The molecule has 1 rings (SSSR count). The third-order valence-corrected chi connectivity index (χ3v) is 6.18. The van der Waals surface area contributed by atoms with Crippen molar-refractivity contribution >= 4 is 24.9 Å². The first-order valence-electron chi connectivity index (χ1n) is 4.28. The van der Waals surface area contributed by atoms with E-state index in [0.29, 0.717) is 0 Å². The minimum atomic E-state index is -1.21. The van der Waals surface area contributed by atoms with E-state index in [9.17, 15) is 0 Å². The minimum absolute atomic E-state index is 0.786. The molecule has 1 aromatic rings. The Labute approximate surface area is 80.6 Å². The number of hydrogen-bond acceptors (Lipinski definition) is 0. The highest BCUT2D eigenvalue weighted by Gasteiger charge is 2.21. The van der Waals surface area contributed by atoms with E-state index < -0.39 is 8.07 Å². The number of benzene rings is 1. The van der Waals surface area contributed by atoms with E-state index in [-0.39, 0.29) is 0 Å². The Morgan fingerprint density at radius 3 is 2.25 bits per heavy atom. The highest BCUT2D eigenvalue weighted by molar-refractivity contribution is 6.90. The van der Waals surface area contributed by atoms with Crippen LogP contribution < -0.4 is 5.19 Å². The molecule has 0 saturated heterocycles. The van der Waals surface area contributed by atoms with Gasteiger partial charge in [-0.25, -0.2) is 0 Å². The van der Waals surface area contributed by atoms with Crippen LogP contribution in [0.4, 0.5) is 0 Å². The normalized spacial score (nSPS) is 11.6. The van der Waals surface area contributed by atoms with Crippen LogP contribution in [-0.4, -0.2) is 14.0 Å². The second-order valence-electron chi connectivity index (χ2n) is 3.69. The predicted octanol–water partition coefficient (Wildman–Crippen LogP) is 2.84. The maximum atomic E-state index is 5.77. The van der Waals surface area contributed by atoms with Crippen molar-refractivity contribution in [3.63, 3.8) is 0 Å². The molecule has 0 aliphatic heterocycles.